The van der Waals surface area contributed by atoms with E-state index in [0.717, 1.165) is 35.7 Å². The minimum absolute atomic E-state index is 0.240. The molecule has 3 heterocycles. The second kappa shape index (κ2) is 7.27. The van der Waals surface area contributed by atoms with Crippen LogP contribution in [0, 0.1) is 13.8 Å². The highest BCUT2D eigenvalue weighted by Crippen LogP contribution is 2.33. The molecular weight excluding hydrogens is 390 g/mol. The van der Waals surface area contributed by atoms with E-state index in [9.17, 15) is 9.59 Å². The summed E-state index contributed by atoms with van der Waals surface area (Å²) in [6, 6.07) is 15.9. The Morgan fingerprint density at radius 1 is 1.00 bits per heavy atom. The van der Waals surface area contributed by atoms with Crippen LogP contribution < -0.4 is 16.1 Å². The van der Waals surface area contributed by atoms with E-state index in [2.05, 4.69) is 36.9 Å². The van der Waals surface area contributed by atoms with Gasteiger partial charge in [-0.25, -0.2) is 4.79 Å². The number of hydrogen-bond acceptors (Lipinski definition) is 4. The maximum atomic E-state index is 13.5. The van der Waals surface area contributed by atoms with Crippen molar-refractivity contribution in [3.63, 3.8) is 0 Å². The van der Waals surface area contributed by atoms with Crippen molar-refractivity contribution in [2.75, 3.05) is 11.4 Å². The number of nitrogens with zero attached hydrogens (tertiary/aromatic N) is 5. The number of fused-ring (bicyclic) bond motifs is 3. The molecule has 0 amide bonds. The van der Waals surface area contributed by atoms with E-state index in [-0.39, 0.29) is 17.8 Å². The maximum Gasteiger partial charge on any atom is 0.332 e. The zero-order valence-corrected chi connectivity index (χ0v) is 18.0. The molecule has 0 bridgehead atoms. The predicted octanol–water partition coefficient (Wildman–Crippen LogP) is 3.10. The molecule has 5 rings (SSSR count). The van der Waals surface area contributed by atoms with Crippen molar-refractivity contribution in [2.45, 2.75) is 33.4 Å². The fourth-order valence-corrected chi connectivity index (χ4v) is 4.51. The van der Waals surface area contributed by atoms with Crippen molar-refractivity contribution in [2.24, 2.45) is 7.05 Å². The number of imidazole rings is 1. The van der Waals surface area contributed by atoms with Gasteiger partial charge in [0, 0.05) is 25.8 Å². The lowest BCUT2D eigenvalue weighted by molar-refractivity contribution is 0.597. The molecule has 0 N–H and O–H groups in total. The summed E-state index contributed by atoms with van der Waals surface area (Å²) in [6.45, 7) is 5.93. The second-order valence-corrected chi connectivity index (χ2v) is 8.25. The number of hydrogen-bond donors (Lipinski definition) is 0. The highest BCUT2D eigenvalue weighted by molar-refractivity contribution is 5.77. The Hall–Kier alpha value is -3.61. The van der Waals surface area contributed by atoms with Gasteiger partial charge in [-0.2, -0.15) is 4.98 Å². The van der Waals surface area contributed by atoms with Crippen molar-refractivity contribution >= 4 is 22.8 Å². The molecule has 0 spiro atoms. The van der Waals surface area contributed by atoms with E-state index in [1.165, 1.54) is 14.7 Å². The van der Waals surface area contributed by atoms with Gasteiger partial charge in [-0.1, -0.05) is 48.0 Å². The van der Waals surface area contributed by atoms with Crippen molar-refractivity contribution in [1.82, 2.24) is 18.7 Å². The van der Waals surface area contributed by atoms with Crippen LogP contribution in [0.2, 0.25) is 0 Å². The van der Waals surface area contributed by atoms with Gasteiger partial charge in [-0.3, -0.25) is 13.9 Å². The Morgan fingerprint density at radius 3 is 2.52 bits per heavy atom. The molecule has 0 aliphatic carbocycles. The molecule has 7 nitrogen and oxygen atoms in total. The summed E-state index contributed by atoms with van der Waals surface area (Å²) in [5.41, 5.74) is 4.65. The van der Waals surface area contributed by atoms with E-state index in [1.807, 2.05) is 34.9 Å². The molecule has 1 aliphatic rings. The Morgan fingerprint density at radius 2 is 1.77 bits per heavy atom. The lowest BCUT2D eigenvalue weighted by atomic mass is 10.1. The number of rotatable bonds is 3. The van der Waals surface area contributed by atoms with Gasteiger partial charge in [0.1, 0.15) is 0 Å². The molecule has 0 unspecified atom stereocenters. The van der Waals surface area contributed by atoms with Crippen LogP contribution in [0.1, 0.15) is 23.1 Å². The minimum Gasteiger partial charge on any atom is -0.312 e. The molecule has 7 heteroatoms. The van der Waals surface area contributed by atoms with Crippen molar-refractivity contribution in [1.29, 1.82) is 0 Å². The Labute approximate surface area is 179 Å². The number of benzene rings is 2. The summed E-state index contributed by atoms with van der Waals surface area (Å²) in [5, 5.41) is 0. The maximum absolute atomic E-state index is 13.5. The standard InChI is InChI=1S/C24H25N5O2/c1-16-10-11-19(17(2)14-16)27-12-7-13-28-20-21(25-23(27)28)26(3)24(31)29(22(20)30)15-18-8-5-4-6-9-18/h4-6,8-11,14H,7,12-13,15H2,1-3H3. The van der Waals surface area contributed by atoms with Crippen LogP contribution >= 0.6 is 0 Å². The third-order valence-electron chi connectivity index (χ3n) is 6.04. The smallest absolute Gasteiger partial charge is 0.312 e. The second-order valence-electron chi connectivity index (χ2n) is 8.25. The summed E-state index contributed by atoms with van der Waals surface area (Å²) in [7, 11) is 1.69. The van der Waals surface area contributed by atoms with Crippen molar-refractivity contribution in [3.8, 4) is 0 Å². The first-order chi connectivity index (χ1) is 15.0. The normalized spacial score (nSPS) is 13.6. The van der Waals surface area contributed by atoms with E-state index < -0.39 is 0 Å². The zero-order chi connectivity index (χ0) is 21.7. The van der Waals surface area contributed by atoms with E-state index in [1.54, 1.807) is 7.05 Å². The first kappa shape index (κ1) is 19.4. The van der Waals surface area contributed by atoms with Crippen LogP contribution in [0.15, 0.2) is 58.1 Å². The van der Waals surface area contributed by atoms with Gasteiger partial charge in [0.15, 0.2) is 11.2 Å². The highest BCUT2D eigenvalue weighted by atomic mass is 16.2. The van der Waals surface area contributed by atoms with Crippen LogP contribution in [0.3, 0.4) is 0 Å². The lowest BCUT2D eigenvalue weighted by Crippen LogP contribution is -2.40. The molecule has 0 fully saturated rings. The Bertz CT molecular complexity index is 1410. The topological polar surface area (TPSA) is 65.1 Å². The van der Waals surface area contributed by atoms with E-state index in [0.29, 0.717) is 17.7 Å². The van der Waals surface area contributed by atoms with Gasteiger partial charge < -0.3 is 9.47 Å². The van der Waals surface area contributed by atoms with Gasteiger partial charge in [0.05, 0.1) is 6.54 Å². The van der Waals surface area contributed by atoms with Gasteiger partial charge in [0.25, 0.3) is 5.56 Å². The fourth-order valence-electron chi connectivity index (χ4n) is 4.51. The predicted molar refractivity (Wildman–Crippen MR) is 122 cm³/mol. The molecule has 1 aliphatic heterocycles. The summed E-state index contributed by atoms with van der Waals surface area (Å²) in [6.07, 6.45) is 0.896. The summed E-state index contributed by atoms with van der Waals surface area (Å²) in [5.74, 6) is 0.720. The zero-order valence-electron chi connectivity index (χ0n) is 18.0. The number of aryl methyl sites for hydroxylation is 4. The number of anilines is 2. The van der Waals surface area contributed by atoms with Crippen LogP contribution in [-0.2, 0) is 20.1 Å². The molecular formula is C24H25N5O2. The van der Waals surface area contributed by atoms with Crippen LogP contribution in [0.25, 0.3) is 11.2 Å². The molecule has 0 atom stereocenters. The van der Waals surface area contributed by atoms with Crippen LogP contribution in [-0.4, -0.2) is 25.2 Å². The molecule has 4 aromatic rings. The summed E-state index contributed by atoms with van der Waals surface area (Å²) in [4.78, 5) is 33.4. The fraction of sp³-hybridized carbons (Fsp3) is 0.292. The minimum atomic E-state index is -0.352. The Kier molecular flexibility index (Phi) is 4.54. The van der Waals surface area contributed by atoms with E-state index in [4.69, 9.17) is 4.98 Å². The number of aromatic nitrogens is 4. The summed E-state index contributed by atoms with van der Waals surface area (Å²) < 4.78 is 4.77. The van der Waals surface area contributed by atoms with Gasteiger partial charge >= 0.3 is 5.69 Å². The Balaban J connectivity index is 1.72. The average molecular weight is 415 g/mol. The molecule has 0 saturated carbocycles. The summed E-state index contributed by atoms with van der Waals surface area (Å²) >= 11 is 0. The molecule has 158 valence electrons. The van der Waals surface area contributed by atoms with Crippen molar-refractivity contribution < 1.29 is 0 Å². The molecule has 2 aromatic carbocycles. The third kappa shape index (κ3) is 3.08. The lowest BCUT2D eigenvalue weighted by Gasteiger charge is -2.30. The molecule has 0 saturated heterocycles. The highest BCUT2D eigenvalue weighted by Gasteiger charge is 2.27. The largest absolute Gasteiger partial charge is 0.332 e. The first-order valence-electron chi connectivity index (χ1n) is 10.5. The van der Waals surface area contributed by atoms with Gasteiger partial charge in [-0.05, 0) is 37.5 Å². The van der Waals surface area contributed by atoms with Crippen molar-refractivity contribution in [3.05, 3.63) is 86.1 Å². The van der Waals surface area contributed by atoms with Crippen LogP contribution in [0.5, 0.6) is 0 Å². The molecule has 31 heavy (non-hydrogen) atoms. The third-order valence-corrected chi connectivity index (χ3v) is 6.04. The van der Waals surface area contributed by atoms with Gasteiger partial charge in [-0.15, -0.1) is 0 Å². The molecule has 0 radical (unpaired) electrons. The monoisotopic (exact) mass is 415 g/mol. The SMILES string of the molecule is Cc1ccc(N2CCCn3c2nc2c3c(=O)n(Cc3ccccc3)c(=O)n2C)c(C)c1. The van der Waals surface area contributed by atoms with Gasteiger partial charge in [0.2, 0.25) is 5.95 Å². The van der Waals surface area contributed by atoms with E-state index >= 15 is 0 Å². The molecule has 2 aromatic heterocycles. The quantitative estimate of drug-likeness (QED) is 0.516. The van der Waals surface area contributed by atoms with Crippen LogP contribution in [0.4, 0.5) is 11.6 Å². The first-order valence-corrected chi connectivity index (χ1v) is 10.5. The average Bonchev–Trinajstić information content (AvgIpc) is 3.16.